The van der Waals surface area contributed by atoms with Crippen molar-refractivity contribution in [1.29, 1.82) is 0 Å². The molecule has 0 spiro atoms. The van der Waals surface area contributed by atoms with Crippen LogP contribution in [0.2, 0.25) is 0 Å². The zero-order chi connectivity index (χ0) is 35.7. The number of carbonyl (C=O) groups is 4. The van der Waals surface area contributed by atoms with Crippen LogP contribution in [0.25, 0.3) is 0 Å². The Hall–Kier alpha value is -4.12. The molecule has 48 heavy (non-hydrogen) atoms. The fraction of sp³-hybridized carbons (Fsp3) is 0.562. The van der Waals surface area contributed by atoms with Gasteiger partial charge in [-0.15, -0.1) is 11.3 Å². The van der Waals surface area contributed by atoms with Crippen molar-refractivity contribution < 1.29 is 43.3 Å². The predicted octanol–water partition coefficient (Wildman–Crippen LogP) is 2.48. The fourth-order valence-electron chi connectivity index (χ4n) is 3.97. The normalized spacial score (nSPS) is 17.4. The Labute approximate surface area is 284 Å². The Morgan fingerprint density at radius 2 is 1.71 bits per heavy atom. The Balaban J connectivity index is 1.66. The minimum atomic E-state index is -1.60. The molecular formula is C32H46N6O9S. The van der Waals surface area contributed by atoms with Crippen LogP contribution >= 0.6 is 11.3 Å². The van der Waals surface area contributed by atoms with Crippen LogP contribution in [0.15, 0.2) is 40.9 Å². The second kappa shape index (κ2) is 16.3. The topological polar surface area (TPSA) is 199 Å². The van der Waals surface area contributed by atoms with Crippen molar-refractivity contribution in [2.75, 3.05) is 25.0 Å². The number of rotatable bonds is 15. The van der Waals surface area contributed by atoms with Gasteiger partial charge in [-0.1, -0.05) is 35.5 Å². The van der Waals surface area contributed by atoms with Gasteiger partial charge >= 0.3 is 12.1 Å². The standard InChI is InChI=1S/C32H46N6O9S/c1-30(2,3)45-27(42)32(7,8)47-38-24(22-18-48-28(35-22)37-29(43)46-31(4,5)6)26(41)36-23-21(34-25(23)40)15-33-14-20(39)17-44-16-19-12-10-9-11-13-19/h9-13,18,20-21,23,33,39H,14-17H2,1-8H3,(H,34,40)(H,36,41)(H,35,37,43)/b38-24+/t20-,21-,23+/m1/s1. The quantitative estimate of drug-likeness (QED) is 0.0796. The number of ether oxygens (including phenoxy) is 3. The fourth-order valence-corrected chi connectivity index (χ4v) is 4.65. The molecule has 3 atom stereocenters. The minimum Gasteiger partial charge on any atom is -0.457 e. The van der Waals surface area contributed by atoms with Crippen LogP contribution in [0, 0.1) is 0 Å². The van der Waals surface area contributed by atoms with Crippen LogP contribution in [0.1, 0.15) is 66.6 Å². The van der Waals surface area contributed by atoms with Crippen LogP contribution in [-0.2, 0) is 40.0 Å². The zero-order valence-electron chi connectivity index (χ0n) is 28.5. The summed E-state index contributed by atoms with van der Waals surface area (Å²) in [5, 5.41) is 26.8. The van der Waals surface area contributed by atoms with Crippen molar-refractivity contribution in [3.8, 4) is 0 Å². The van der Waals surface area contributed by atoms with Crippen LogP contribution in [0.4, 0.5) is 9.93 Å². The summed E-state index contributed by atoms with van der Waals surface area (Å²) in [7, 11) is 0. The molecule has 1 aliphatic heterocycles. The van der Waals surface area contributed by atoms with Gasteiger partial charge in [-0.25, -0.2) is 14.6 Å². The lowest BCUT2D eigenvalue weighted by atomic mass is 9.98. The number of hydrogen-bond donors (Lipinski definition) is 5. The highest BCUT2D eigenvalue weighted by Gasteiger charge is 2.41. The number of oxime groups is 1. The van der Waals surface area contributed by atoms with Crippen LogP contribution in [-0.4, -0.2) is 94.4 Å². The van der Waals surface area contributed by atoms with E-state index >= 15 is 0 Å². The summed E-state index contributed by atoms with van der Waals surface area (Å²) in [6, 6.07) is 8.13. The molecule has 1 aromatic heterocycles. The number of esters is 1. The highest BCUT2D eigenvalue weighted by Crippen LogP contribution is 2.21. The summed E-state index contributed by atoms with van der Waals surface area (Å²) >= 11 is 1.00. The van der Waals surface area contributed by atoms with Gasteiger partial charge in [0.2, 0.25) is 11.5 Å². The Kier molecular flexibility index (Phi) is 13.0. The monoisotopic (exact) mass is 690 g/mol. The van der Waals surface area contributed by atoms with E-state index in [1.807, 2.05) is 30.3 Å². The van der Waals surface area contributed by atoms with E-state index in [0.29, 0.717) is 6.61 Å². The van der Waals surface area contributed by atoms with E-state index in [-0.39, 0.29) is 36.2 Å². The average Bonchev–Trinajstić information content (AvgIpc) is 3.41. The SMILES string of the molecule is CC(C)(C)OC(=O)Nc1nc(/C(=N\OC(C)(C)C(=O)OC(C)(C)C)C(=O)N[C@@H]2C(=O)N[C@@H]2CNC[C@@H](O)COCc2ccccc2)cs1. The number of aliphatic hydroxyl groups is 1. The number of nitrogens with one attached hydrogen (secondary N) is 4. The summed E-state index contributed by atoms with van der Waals surface area (Å²) in [6.45, 7) is 14.0. The number of benzene rings is 1. The van der Waals surface area contributed by atoms with Gasteiger partial charge in [-0.3, -0.25) is 14.9 Å². The number of aliphatic hydroxyl groups excluding tert-OH is 1. The van der Waals surface area contributed by atoms with E-state index in [0.717, 1.165) is 16.9 Å². The van der Waals surface area contributed by atoms with E-state index in [1.54, 1.807) is 41.5 Å². The van der Waals surface area contributed by atoms with Gasteiger partial charge < -0.3 is 40.1 Å². The number of hydrogen-bond acceptors (Lipinski definition) is 13. The molecule has 16 heteroatoms. The number of nitrogens with zero attached hydrogens (tertiary/aromatic N) is 2. The molecule has 0 saturated carbocycles. The molecule has 5 N–H and O–H groups in total. The molecule has 15 nitrogen and oxygen atoms in total. The third kappa shape index (κ3) is 12.5. The molecule has 264 valence electrons. The smallest absolute Gasteiger partial charge is 0.413 e. The highest BCUT2D eigenvalue weighted by molar-refractivity contribution is 7.14. The van der Waals surface area contributed by atoms with Crippen molar-refractivity contribution in [3.63, 3.8) is 0 Å². The van der Waals surface area contributed by atoms with Gasteiger partial charge in [-0.05, 0) is 61.0 Å². The van der Waals surface area contributed by atoms with E-state index in [4.69, 9.17) is 19.0 Å². The van der Waals surface area contributed by atoms with Crippen molar-refractivity contribution in [1.82, 2.24) is 20.9 Å². The summed E-state index contributed by atoms with van der Waals surface area (Å²) < 4.78 is 16.2. The lowest BCUT2D eigenvalue weighted by Gasteiger charge is -2.37. The number of β-lactam (4-membered cyclic amide) rings is 1. The van der Waals surface area contributed by atoms with Gasteiger partial charge in [0.05, 0.1) is 25.4 Å². The molecule has 0 aliphatic carbocycles. The molecule has 1 aliphatic rings. The zero-order valence-corrected chi connectivity index (χ0v) is 29.4. The van der Waals surface area contributed by atoms with Crippen LogP contribution in [0.3, 0.4) is 0 Å². The molecule has 1 fully saturated rings. The number of aromatic nitrogens is 1. The highest BCUT2D eigenvalue weighted by atomic mass is 32.1. The van der Waals surface area contributed by atoms with Crippen molar-refractivity contribution in [2.24, 2.45) is 5.16 Å². The molecule has 3 amide bonds. The number of thiazole rings is 1. The number of carbonyl (C=O) groups excluding carboxylic acids is 4. The van der Waals surface area contributed by atoms with E-state index in [1.165, 1.54) is 19.2 Å². The average molecular weight is 691 g/mol. The summed E-state index contributed by atoms with van der Waals surface area (Å²) in [5.41, 5.74) is -2.50. The van der Waals surface area contributed by atoms with Gasteiger partial charge in [0.25, 0.3) is 5.91 Å². The lowest BCUT2D eigenvalue weighted by molar-refractivity contribution is -0.179. The third-order valence-electron chi connectivity index (χ3n) is 6.29. The molecule has 2 aromatic rings. The van der Waals surface area contributed by atoms with Gasteiger partial charge in [0, 0.05) is 18.5 Å². The van der Waals surface area contributed by atoms with Crippen LogP contribution < -0.4 is 21.3 Å². The third-order valence-corrected chi connectivity index (χ3v) is 7.05. The second-order valence-electron chi connectivity index (χ2n) is 13.6. The van der Waals surface area contributed by atoms with Crippen molar-refractivity contribution in [2.45, 2.75) is 97.0 Å². The first-order valence-corrected chi connectivity index (χ1v) is 16.3. The molecule has 3 rings (SSSR count). The maximum absolute atomic E-state index is 13.5. The van der Waals surface area contributed by atoms with Crippen LogP contribution in [0.5, 0.6) is 0 Å². The first kappa shape index (κ1) is 38.3. The Morgan fingerprint density at radius 1 is 1.04 bits per heavy atom. The van der Waals surface area contributed by atoms with E-state index < -0.39 is 58.9 Å². The lowest BCUT2D eigenvalue weighted by Crippen LogP contribution is -2.72. The second-order valence-corrected chi connectivity index (χ2v) is 14.4. The summed E-state index contributed by atoms with van der Waals surface area (Å²) in [4.78, 5) is 60.8. The maximum atomic E-state index is 13.5. The van der Waals surface area contributed by atoms with Gasteiger partial charge in [0.15, 0.2) is 10.8 Å². The van der Waals surface area contributed by atoms with E-state index in [9.17, 15) is 24.3 Å². The Bertz CT molecular complexity index is 1450. The maximum Gasteiger partial charge on any atom is 0.413 e. The minimum absolute atomic E-state index is 0.0107. The molecule has 1 aromatic carbocycles. The summed E-state index contributed by atoms with van der Waals surface area (Å²) in [5.74, 6) is -1.97. The predicted molar refractivity (Wildman–Crippen MR) is 178 cm³/mol. The molecular weight excluding hydrogens is 644 g/mol. The molecule has 0 unspecified atom stereocenters. The molecule has 2 heterocycles. The molecule has 1 saturated heterocycles. The number of amides is 3. The Morgan fingerprint density at radius 3 is 2.33 bits per heavy atom. The first-order chi connectivity index (χ1) is 22.3. The van der Waals surface area contributed by atoms with E-state index in [2.05, 4.69) is 31.4 Å². The number of anilines is 1. The van der Waals surface area contributed by atoms with Gasteiger partial charge in [-0.2, -0.15) is 0 Å². The largest absolute Gasteiger partial charge is 0.457 e. The molecule has 0 radical (unpaired) electrons. The van der Waals surface area contributed by atoms with Crippen molar-refractivity contribution >= 4 is 46.1 Å². The first-order valence-electron chi connectivity index (χ1n) is 15.4. The molecule has 0 bridgehead atoms. The summed E-state index contributed by atoms with van der Waals surface area (Å²) in [6.07, 6.45) is -1.54. The van der Waals surface area contributed by atoms with Gasteiger partial charge in [0.1, 0.15) is 22.9 Å². The van der Waals surface area contributed by atoms with Crippen molar-refractivity contribution in [3.05, 3.63) is 47.0 Å².